The largest absolute Gasteiger partial charge is 1.00 e. The molecule has 2 atom stereocenters. The smallest absolute Gasteiger partial charge is 1.00 e. The number of nitrogens with zero attached hydrogens (tertiary/aromatic N) is 2. The third-order valence-electron chi connectivity index (χ3n) is 5.93. The number of allylic oxidation sites excluding steroid dienone is 2. The third kappa shape index (κ3) is 3.84. The summed E-state index contributed by atoms with van der Waals surface area (Å²) in [7, 11) is 0. The molecule has 4 aromatic rings. The van der Waals surface area contributed by atoms with Crippen LogP contribution >= 0.6 is 0 Å². The molecule has 0 fully saturated rings. The molecule has 2 nitrogen and oxygen atoms in total. The Balaban J connectivity index is 0.00000116. The molecule has 0 saturated heterocycles. The summed E-state index contributed by atoms with van der Waals surface area (Å²) in [6.07, 6.45) is 13.8. The van der Waals surface area contributed by atoms with Crippen molar-refractivity contribution in [3.05, 3.63) is 126 Å². The van der Waals surface area contributed by atoms with E-state index in [9.17, 15) is 0 Å². The van der Waals surface area contributed by atoms with Crippen molar-refractivity contribution in [2.45, 2.75) is 12.1 Å². The Kier molecular flexibility index (Phi) is 6.58. The molecule has 0 bridgehead atoms. The van der Waals surface area contributed by atoms with Gasteiger partial charge in [0.05, 0.1) is 0 Å². The zero-order valence-corrected chi connectivity index (χ0v) is 20.7. The molecule has 0 aliphatic heterocycles. The van der Waals surface area contributed by atoms with Crippen molar-refractivity contribution in [3.8, 4) is 0 Å². The van der Waals surface area contributed by atoms with Gasteiger partial charge in [0.25, 0.3) is 0 Å². The van der Waals surface area contributed by atoms with E-state index in [1.807, 2.05) is 0 Å². The maximum absolute atomic E-state index is 2.47. The second-order valence-corrected chi connectivity index (χ2v) is 11.1. The molecule has 2 aromatic heterocycles. The molecule has 2 aromatic carbocycles. The quantitative estimate of drug-likeness (QED) is 0.357. The Morgan fingerprint density at radius 1 is 0.516 bits per heavy atom. The minimum Gasteiger partial charge on any atom is -1.00 e. The van der Waals surface area contributed by atoms with Crippen LogP contribution in [0.4, 0.5) is 0 Å². The summed E-state index contributed by atoms with van der Waals surface area (Å²) < 4.78 is 8.02. The summed E-state index contributed by atoms with van der Waals surface area (Å²) in [5.74, 6) is 0. The maximum Gasteiger partial charge on any atom is -1.00 e. The molecule has 0 spiro atoms. The van der Waals surface area contributed by atoms with Crippen molar-refractivity contribution in [3.63, 3.8) is 0 Å². The molecule has 2 aliphatic rings. The van der Waals surface area contributed by atoms with Gasteiger partial charge in [-0.25, -0.2) is 0 Å². The maximum atomic E-state index is 2.47. The average Bonchev–Trinajstić information content (AvgIpc) is 3.52. The van der Waals surface area contributed by atoms with Gasteiger partial charge in [-0.05, 0) is 0 Å². The number of hydrogen-bond donors (Lipinski definition) is 0. The Hall–Kier alpha value is -2.06. The first kappa shape index (κ1) is 22.1. The second-order valence-electron chi connectivity index (χ2n) is 7.65. The molecule has 2 aliphatic carbocycles. The minimum absolute atomic E-state index is 0. The van der Waals surface area contributed by atoms with Crippen molar-refractivity contribution >= 4 is 12.2 Å². The normalized spacial score (nSPS) is 18.1. The Bertz CT molecular complexity index is 1140. The van der Waals surface area contributed by atoms with Gasteiger partial charge < -0.3 is 24.8 Å². The Labute approximate surface area is 206 Å². The molecule has 2 heterocycles. The first-order chi connectivity index (χ1) is 14.4. The van der Waals surface area contributed by atoms with E-state index in [0.29, 0.717) is 12.1 Å². The Morgan fingerprint density at radius 2 is 0.903 bits per heavy atom. The SMILES string of the molecule is C1=[C]([Zr+2][C]2=Cc3ccccc3C2n2cccc2)C(n2cccc2)c2ccccc21.[Cl-].[Cl-]. The zero-order chi connectivity index (χ0) is 19.2. The van der Waals surface area contributed by atoms with Gasteiger partial charge in [-0.3, -0.25) is 0 Å². The summed E-state index contributed by atoms with van der Waals surface area (Å²) in [6, 6.07) is 27.0. The van der Waals surface area contributed by atoms with E-state index >= 15 is 0 Å². The van der Waals surface area contributed by atoms with Crippen LogP contribution in [0.2, 0.25) is 0 Å². The van der Waals surface area contributed by atoms with E-state index in [-0.39, 0.29) is 24.8 Å². The summed E-state index contributed by atoms with van der Waals surface area (Å²) in [5, 5.41) is 0. The summed E-state index contributed by atoms with van der Waals surface area (Å²) >= 11 is -0.979. The summed E-state index contributed by atoms with van der Waals surface area (Å²) in [5.41, 5.74) is 5.65. The fraction of sp³-hybridized carbons (Fsp3) is 0.0769. The van der Waals surface area contributed by atoms with Gasteiger partial charge in [0.1, 0.15) is 0 Å². The molecule has 0 saturated carbocycles. The second kappa shape index (κ2) is 9.21. The number of aromatic nitrogens is 2. The van der Waals surface area contributed by atoms with Crippen molar-refractivity contribution in [1.82, 2.24) is 9.13 Å². The van der Waals surface area contributed by atoms with E-state index in [2.05, 4.69) is 119 Å². The van der Waals surface area contributed by atoms with Crippen molar-refractivity contribution < 1.29 is 48.0 Å². The van der Waals surface area contributed by atoms with Crippen LogP contribution in [-0.2, 0) is 23.2 Å². The summed E-state index contributed by atoms with van der Waals surface area (Å²) in [6.45, 7) is 0. The van der Waals surface area contributed by atoms with Gasteiger partial charge in [0.2, 0.25) is 0 Å². The zero-order valence-electron chi connectivity index (χ0n) is 16.7. The molecule has 5 heteroatoms. The van der Waals surface area contributed by atoms with Crippen LogP contribution in [0.15, 0.2) is 104 Å². The number of rotatable bonds is 4. The number of benzene rings is 2. The fourth-order valence-electron chi connectivity index (χ4n) is 4.67. The first-order valence-electron chi connectivity index (χ1n) is 10.0. The molecular weight excluding hydrogens is 502 g/mol. The van der Waals surface area contributed by atoms with Gasteiger partial charge in [-0.15, -0.1) is 0 Å². The number of hydrogen-bond acceptors (Lipinski definition) is 0. The van der Waals surface area contributed by atoms with Gasteiger partial charge >= 0.3 is 183 Å². The predicted molar refractivity (Wildman–Crippen MR) is 114 cm³/mol. The van der Waals surface area contributed by atoms with Crippen LogP contribution in [0, 0.1) is 0 Å². The van der Waals surface area contributed by atoms with Crippen molar-refractivity contribution in [2.24, 2.45) is 0 Å². The van der Waals surface area contributed by atoms with E-state index in [1.165, 1.54) is 22.3 Å². The predicted octanol–water partition coefficient (Wildman–Crippen LogP) is -0.0319. The van der Waals surface area contributed by atoms with Crippen LogP contribution in [-0.4, -0.2) is 9.13 Å². The van der Waals surface area contributed by atoms with Crippen molar-refractivity contribution in [2.75, 3.05) is 0 Å². The molecule has 6 rings (SSSR count). The average molecular weight is 523 g/mol. The molecule has 152 valence electrons. The van der Waals surface area contributed by atoms with E-state index in [0.717, 1.165) is 0 Å². The van der Waals surface area contributed by atoms with Crippen LogP contribution < -0.4 is 24.8 Å². The third-order valence-corrected chi connectivity index (χ3v) is 9.41. The molecule has 2 unspecified atom stereocenters. The number of halogens is 2. The topological polar surface area (TPSA) is 9.86 Å². The van der Waals surface area contributed by atoms with Crippen LogP contribution in [0.1, 0.15) is 34.3 Å². The van der Waals surface area contributed by atoms with Gasteiger partial charge in [0, 0.05) is 0 Å². The molecule has 0 radical (unpaired) electrons. The van der Waals surface area contributed by atoms with Crippen LogP contribution in [0.3, 0.4) is 0 Å². The number of fused-ring (bicyclic) bond motifs is 2. The van der Waals surface area contributed by atoms with Gasteiger partial charge in [-0.1, -0.05) is 0 Å². The van der Waals surface area contributed by atoms with Crippen LogP contribution in [0.25, 0.3) is 12.2 Å². The fourth-order valence-corrected chi connectivity index (χ4v) is 8.78. The standard InChI is InChI=1S/2C13H10N.2ClH.Zr/c2*1-2-6-12-11(5-1)7-8-13(12)14-9-3-4-10-14;;;/h2*1-7,9-10,13H;2*1H;/q;;;;+2/p-2. The van der Waals surface area contributed by atoms with E-state index in [1.54, 1.807) is 6.56 Å². The first-order valence-corrected chi connectivity index (χ1v) is 12.5. The van der Waals surface area contributed by atoms with E-state index < -0.39 is 23.2 Å². The Morgan fingerprint density at radius 3 is 1.32 bits per heavy atom. The summed E-state index contributed by atoms with van der Waals surface area (Å²) in [4.78, 5) is 0. The minimum atomic E-state index is -0.979. The monoisotopic (exact) mass is 520 g/mol. The van der Waals surface area contributed by atoms with Crippen LogP contribution in [0.5, 0.6) is 0 Å². The molecule has 0 amide bonds. The molecule has 0 N–H and O–H groups in total. The van der Waals surface area contributed by atoms with Gasteiger partial charge in [0.15, 0.2) is 0 Å². The van der Waals surface area contributed by atoms with E-state index in [4.69, 9.17) is 0 Å². The van der Waals surface area contributed by atoms with Crippen molar-refractivity contribution in [1.29, 1.82) is 0 Å². The van der Waals surface area contributed by atoms with Gasteiger partial charge in [-0.2, -0.15) is 0 Å². The molecule has 31 heavy (non-hydrogen) atoms. The molecular formula is C26H20Cl2N2Zr.